The van der Waals surface area contributed by atoms with Crippen LogP contribution in [-0.2, 0) is 15.7 Å². The second kappa shape index (κ2) is 10.8. The molecule has 3 N–H and O–H groups in total. The molecule has 0 bridgehead atoms. The van der Waals surface area contributed by atoms with Crippen molar-refractivity contribution in [3.05, 3.63) is 23.8 Å². The van der Waals surface area contributed by atoms with Gasteiger partial charge in [-0.3, -0.25) is 4.79 Å². The van der Waals surface area contributed by atoms with E-state index >= 15 is 0 Å². The zero-order valence-electron chi connectivity index (χ0n) is 13.1. The number of halogens is 6. The lowest BCUT2D eigenvalue weighted by atomic mass is 10.2. The van der Waals surface area contributed by atoms with Crippen LogP contribution < -0.4 is 11.1 Å². The van der Waals surface area contributed by atoms with Crippen LogP contribution in [0.2, 0.25) is 0 Å². The summed E-state index contributed by atoms with van der Waals surface area (Å²) in [5.41, 5.74) is 4.22. The Labute approximate surface area is 152 Å². The van der Waals surface area contributed by atoms with Crippen molar-refractivity contribution in [2.24, 2.45) is 5.73 Å². The first-order valence-electron chi connectivity index (χ1n) is 6.82. The van der Waals surface area contributed by atoms with E-state index in [-0.39, 0.29) is 36.0 Å². The van der Waals surface area contributed by atoms with Crippen molar-refractivity contribution in [1.29, 1.82) is 0 Å². The molecule has 0 fully saturated rings. The summed E-state index contributed by atoms with van der Waals surface area (Å²) in [5.74, 6) is -1.22. The fraction of sp³-hybridized carbons (Fsp3) is 0.500. The van der Waals surface area contributed by atoms with Crippen molar-refractivity contribution in [3.8, 4) is 0 Å². The van der Waals surface area contributed by atoms with Gasteiger partial charge in [-0.1, -0.05) is 0 Å². The molecule has 11 heteroatoms. The number of anilines is 1. The number of benzene rings is 1. The Balaban J connectivity index is 0.00000576. The molecule has 0 saturated carbocycles. The molecular weight excluding hydrogens is 391 g/mol. The van der Waals surface area contributed by atoms with Crippen molar-refractivity contribution >= 4 is 35.8 Å². The lowest BCUT2D eigenvalue weighted by molar-refractivity contribution is -0.137. The summed E-state index contributed by atoms with van der Waals surface area (Å²) in [6.45, 7) is 0.0551. The third-order valence-corrected chi connectivity index (χ3v) is 4.04. The van der Waals surface area contributed by atoms with Crippen molar-refractivity contribution in [1.82, 2.24) is 0 Å². The maximum atomic E-state index is 12.8. The third kappa shape index (κ3) is 8.21. The molecule has 25 heavy (non-hydrogen) atoms. The molecule has 0 radical (unpaired) electrons. The van der Waals surface area contributed by atoms with Crippen molar-refractivity contribution in [3.63, 3.8) is 0 Å². The van der Waals surface area contributed by atoms with Gasteiger partial charge in [0.25, 0.3) is 0 Å². The minimum Gasteiger partial charge on any atom is -0.380 e. The van der Waals surface area contributed by atoms with Crippen LogP contribution in [0.1, 0.15) is 12.0 Å². The van der Waals surface area contributed by atoms with Crippen LogP contribution in [-0.4, -0.2) is 37.8 Å². The molecule has 0 saturated heterocycles. The van der Waals surface area contributed by atoms with E-state index in [1.54, 1.807) is 0 Å². The molecule has 0 heterocycles. The second-order valence-corrected chi connectivity index (χ2v) is 5.82. The first-order chi connectivity index (χ1) is 11.2. The van der Waals surface area contributed by atoms with Gasteiger partial charge in [0.1, 0.15) is 0 Å². The van der Waals surface area contributed by atoms with Crippen LogP contribution >= 0.6 is 24.2 Å². The van der Waals surface area contributed by atoms with E-state index in [4.69, 9.17) is 10.5 Å². The van der Waals surface area contributed by atoms with Gasteiger partial charge in [-0.25, -0.2) is 8.78 Å². The topological polar surface area (TPSA) is 64.3 Å². The number of carbonyl (C=O) groups excluding carboxylic acids is 1. The Morgan fingerprint density at radius 3 is 2.48 bits per heavy atom. The van der Waals surface area contributed by atoms with Gasteiger partial charge in [0.05, 0.1) is 29.5 Å². The van der Waals surface area contributed by atoms with Crippen molar-refractivity contribution < 1.29 is 31.5 Å². The molecule has 1 rings (SSSR count). The highest BCUT2D eigenvalue weighted by atomic mass is 35.5. The third-order valence-electron chi connectivity index (χ3n) is 2.96. The first kappa shape index (κ1) is 23.9. The molecule has 0 aliphatic heterocycles. The number of rotatable bonds is 8. The van der Waals surface area contributed by atoms with Gasteiger partial charge in [-0.05, 0) is 18.2 Å². The number of methoxy groups -OCH3 is 1. The number of nitrogens with two attached hydrogens (primary N) is 1. The maximum absolute atomic E-state index is 12.8. The number of hydrogen-bond donors (Lipinski definition) is 2. The Bertz CT molecular complexity index is 557. The van der Waals surface area contributed by atoms with E-state index in [9.17, 15) is 26.7 Å². The first-order valence-corrected chi connectivity index (χ1v) is 7.80. The number of hydrogen-bond acceptors (Lipinski definition) is 4. The minimum absolute atomic E-state index is 0. The molecule has 1 aromatic carbocycles. The average Bonchev–Trinajstić information content (AvgIpc) is 2.50. The Morgan fingerprint density at radius 1 is 1.36 bits per heavy atom. The Morgan fingerprint density at radius 2 is 2.00 bits per heavy atom. The second-order valence-electron chi connectivity index (χ2n) is 4.76. The van der Waals surface area contributed by atoms with Gasteiger partial charge < -0.3 is 15.8 Å². The monoisotopic (exact) mass is 408 g/mol. The largest absolute Gasteiger partial charge is 0.416 e. The number of thioether (sulfide) groups is 1. The molecule has 1 aromatic rings. The molecule has 0 aromatic heterocycles. The van der Waals surface area contributed by atoms with Gasteiger partial charge in [-0.2, -0.15) is 13.2 Å². The summed E-state index contributed by atoms with van der Waals surface area (Å²) in [6.07, 6.45) is -8.00. The quantitative estimate of drug-likeness (QED) is 0.507. The molecule has 0 spiro atoms. The predicted octanol–water partition coefficient (Wildman–Crippen LogP) is 3.79. The zero-order valence-corrected chi connectivity index (χ0v) is 14.7. The summed E-state index contributed by atoms with van der Waals surface area (Å²) < 4.78 is 68.0. The fourth-order valence-electron chi connectivity index (χ4n) is 1.75. The van der Waals surface area contributed by atoms with Crippen LogP contribution in [0.3, 0.4) is 0 Å². The van der Waals surface area contributed by atoms with E-state index < -0.39 is 35.9 Å². The molecule has 144 valence electrons. The van der Waals surface area contributed by atoms with E-state index in [1.807, 2.05) is 0 Å². The lowest BCUT2D eigenvalue weighted by Gasteiger charge is -2.16. The smallest absolute Gasteiger partial charge is 0.380 e. The Kier molecular flexibility index (Phi) is 10.3. The van der Waals surface area contributed by atoms with Gasteiger partial charge in [-0.15, -0.1) is 24.2 Å². The lowest BCUT2D eigenvalue weighted by Crippen LogP contribution is -2.28. The highest BCUT2D eigenvalue weighted by Gasteiger charge is 2.31. The number of amides is 1. The molecule has 1 unspecified atom stereocenters. The standard InChI is InChI=1S/C14H17F5N2O2S.ClH/c1-23-9(6-20)5-13(22)21-10-4-8(14(17,18)19)2-3-11(10)24-7-12(15)16;/h2-4,9,12H,5-7,20H2,1H3,(H,21,22);1H. The van der Waals surface area contributed by atoms with E-state index in [1.165, 1.54) is 7.11 Å². The molecule has 4 nitrogen and oxygen atoms in total. The summed E-state index contributed by atoms with van der Waals surface area (Å²) >= 11 is 0.659. The SMILES string of the molecule is COC(CN)CC(=O)Nc1cc(C(F)(F)F)ccc1SCC(F)F.Cl. The van der Waals surface area contributed by atoms with Crippen molar-refractivity contribution in [2.75, 3.05) is 24.7 Å². The number of ether oxygens (including phenoxy) is 1. The molecular formula is C14H18ClF5N2O2S. The molecule has 0 aliphatic rings. The van der Waals surface area contributed by atoms with Gasteiger partial charge in [0.2, 0.25) is 12.3 Å². The van der Waals surface area contributed by atoms with Crippen LogP contribution in [0, 0.1) is 0 Å². The summed E-state index contributed by atoms with van der Waals surface area (Å²) in [6, 6.07) is 2.56. The van der Waals surface area contributed by atoms with E-state index in [2.05, 4.69) is 5.32 Å². The van der Waals surface area contributed by atoms with Crippen LogP contribution in [0.4, 0.5) is 27.6 Å². The normalized spacial score (nSPS) is 12.6. The van der Waals surface area contributed by atoms with Gasteiger partial charge in [0, 0.05) is 18.6 Å². The molecule has 1 amide bonds. The molecule has 0 aliphatic carbocycles. The summed E-state index contributed by atoms with van der Waals surface area (Å²) in [7, 11) is 1.35. The zero-order chi connectivity index (χ0) is 18.3. The number of nitrogens with one attached hydrogen (secondary N) is 1. The van der Waals surface area contributed by atoms with Gasteiger partial charge in [0.15, 0.2) is 0 Å². The average molecular weight is 409 g/mol. The van der Waals surface area contributed by atoms with Crippen LogP contribution in [0.5, 0.6) is 0 Å². The number of alkyl halides is 5. The highest BCUT2D eigenvalue weighted by Crippen LogP contribution is 2.36. The number of carbonyl (C=O) groups is 1. The van der Waals surface area contributed by atoms with Crippen LogP contribution in [0.25, 0.3) is 0 Å². The van der Waals surface area contributed by atoms with E-state index in [0.29, 0.717) is 11.8 Å². The van der Waals surface area contributed by atoms with Crippen LogP contribution in [0.15, 0.2) is 23.1 Å². The van der Waals surface area contributed by atoms with Gasteiger partial charge >= 0.3 is 6.18 Å². The minimum atomic E-state index is -4.61. The fourth-order valence-corrected chi connectivity index (χ4v) is 2.49. The summed E-state index contributed by atoms with van der Waals surface area (Å²) in [5, 5.41) is 2.31. The highest BCUT2D eigenvalue weighted by molar-refractivity contribution is 7.99. The molecule has 1 atom stereocenters. The van der Waals surface area contributed by atoms with E-state index in [0.717, 1.165) is 18.2 Å². The summed E-state index contributed by atoms with van der Waals surface area (Å²) in [4.78, 5) is 12.0. The Hall–Kier alpha value is -1.10. The van der Waals surface area contributed by atoms with Crippen molar-refractivity contribution in [2.45, 2.75) is 30.0 Å². The predicted molar refractivity (Wildman–Crippen MR) is 88.5 cm³/mol. The maximum Gasteiger partial charge on any atom is 0.416 e.